The van der Waals surface area contributed by atoms with Crippen LogP contribution in [0.1, 0.15) is 12.8 Å². The van der Waals surface area contributed by atoms with Crippen LogP contribution in [0.25, 0.3) is 0 Å². The Balaban J connectivity index is 0. The van der Waals surface area contributed by atoms with E-state index in [2.05, 4.69) is 4.74 Å². The lowest BCUT2D eigenvalue weighted by Crippen LogP contribution is -2.04. The molecule has 0 aromatic rings. The van der Waals surface area contributed by atoms with E-state index in [-0.39, 0.29) is 12.8 Å². The lowest BCUT2D eigenvalue weighted by Gasteiger charge is -1.92. The van der Waals surface area contributed by atoms with Gasteiger partial charge in [-0.05, 0) is 0 Å². The Kier molecular flexibility index (Phi) is 10.2. The molecule has 0 amide bonds. The van der Waals surface area contributed by atoms with E-state index >= 15 is 0 Å². The Morgan fingerprint density at radius 1 is 1.27 bits per heavy atom. The first-order valence-electron chi connectivity index (χ1n) is 2.90. The molecular formula is C6H12O5. The number of hydrogen-bond acceptors (Lipinski definition) is 4. The topological polar surface area (TPSA) is 83.8 Å². The van der Waals surface area contributed by atoms with Crippen molar-refractivity contribution >= 4 is 11.9 Å². The van der Waals surface area contributed by atoms with Crippen molar-refractivity contribution < 1.29 is 24.5 Å². The minimum atomic E-state index is -0.986. The molecule has 0 saturated heterocycles. The minimum Gasteiger partial charge on any atom is -0.481 e. The van der Waals surface area contributed by atoms with Crippen molar-refractivity contribution in [3.05, 3.63) is 0 Å². The van der Waals surface area contributed by atoms with Gasteiger partial charge < -0.3 is 14.9 Å². The molecule has 11 heavy (non-hydrogen) atoms. The Morgan fingerprint density at radius 2 is 1.73 bits per heavy atom. The zero-order chi connectivity index (χ0) is 9.28. The molecule has 0 aromatic carbocycles. The Hall–Kier alpha value is -1.10. The van der Waals surface area contributed by atoms with Crippen LogP contribution in [0.15, 0.2) is 0 Å². The molecule has 0 bridgehead atoms. The number of aliphatic hydroxyl groups excluding tert-OH is 1. The molecule has 0 rings (SSSR count). The predicted octanol–water partition coefficient (Wildman–Crippen LogP) is -0.367. The van der Waals surface area contributed by atoms with Crippen molar-refractivity contribution in [2.75, 3.05) is 14.2 Å². The van der Waals surface area contributed by atoms with Crippen LogP contribution >= 0.6 is 0 Å². The fraction of sp³-hybridized carbons (Fsp3) is 0.667. The molecule has 0 aliphatic rings. The van der Waals surface area contributed by atoms with Gasteiger partial charge in [-0.25, -0.2) is 0 Å². The van der Waals surface area contributed by atoms with Crippen molar-refractivity contribution in [3.8, 4) is 0 Å². The van der Waals surface area contributed by atoms with Crippen molar-refractivity contribution in [2.24, 2.45) is 0 Å². The molecule has 66 valence electrons. The van der Waals surface area contributed by atoms with Gasteiger partial charge in [0.2, 0.25) is 0 Å². The van der Waals surface area contributed by atoms with Gasteiger partial charge in [0.05, 0.1) is 20.0 Å². The molecule has 0 unspecified atom stereocenters. The summed E-state index contributed by atoms with van der Waals surface area (Å²) < 4.78 is 4.20. The SMILES string of the molecule is CO.COC(=O)CCC(=O)O. The van der Waals surface area contributed by atoms with E-state index in [0.29, 0.717) is 0 Å². The summed E-state index contributed by atoms with van der Waals surface area (Å²) in [7, 11) is 2.23. The predicted molar refractivity (Wildman–Crippen MR) is 37.0 cm³/mol. The molecule has 0 radical (unpaired) electrons. The fourth-order valence-corrected chi connectivity index (χ4v) is 0.311. The van der Waals surface area contributed by atoms with E-state index < -0.39 is 11.9 Å². The van der Waals surface area contributed by atoms with Gasteiger partial charge in [-0.1, -0.05) is 0 Å². The van der Waals surface area contributed by atoms with Crippen molar-refractivity contribution in [2.45, 2.75) is 12.8 Å². The average Bonchev–Trinajstić information content (AvgIpc) is 2.04. The number of carboxylic acids is 1. The summed E-state index contributed by atoms with van der Waals surface area (Å²) in [5, 5.41) is 15.1. The van der Waals surface area contributed by atoms with E-state index in [1.807, 2.05) is 0 Å². The summed E-state index contributed by atoms with van der Waals surface area (Å²) in [5.41, 5.74) is 0. The highest BCUT2D eigenvalue weighted by atomic mass is 16.5. The summed E-state index contributed by atoms with van der Waals surface area (Å²) >= 11 is 0. The summed E-state index contributed by atoms with van der Waals surface area (Å²) in [5.74, 6) is -1.47. The van der Waals surface area contributed by atoms with E-state index in [9.17, 15) is 9.59 Å². The van der Waals surface area contributed by atoms with Crippen LogP contribution in [0.3, 0.4) is 0 Å². The van der Waals surface area contributed by atoms with Crippen LogP contribution in [0.4, 0.5) is 0 Å². The van der Waals surface area contributed by atoms with E-state index in [0.717, 1.165) is 7.11 Å². The molecule has 0 atom stereocenters. The molecule has 0 heterocycles. The lowest BCUT2D eigenvalue weighted by atomic mass is 10.3. The minimum absolute atomic E-state index is 0.0498. The molecular weight excluding hydrogens is 152 g/mol. The van der Waals surface area contributed by atoms with Crippen LogP contribution in [-0.4, -0.2) is 36.4 Å². The highest BCUT2D eigenvalue weighted by Crippen LogP contribution is 1.89. The van der Waals surface area contributed by atoms with Crippen molar-refractivity contribution in [1.82, 2.24) is 0 Å². The first-order chi connectivity index (χ1) is 5.16. The largest absolute Gasteiger partial charge is 0.481 e. The second kappa shape index (κ2) is 8.90. The maximum absolute atomic E-state index is 10.2. The summed E-state index contributed by atoms with van der Waals surface area (Å²) in [6, 6.07) is 0. The maximum atomic E-state index is 10.2. The number of carboxylic acid groups (broad SMARTS) is 1. The monoisotopic (exact) mass is 164 g/mol. The standard InChI is InChI=1S/C5H8O4.CH4O/c1-9-5(8)3-2-4(6)7;1-2/h2-3H2,1H3,(H,6,7);2H,1H3. The number of hydrogen-bond donors (Lipinski definition) is 2. The number of carbonyl (C=O) groups is 2. The number of aliphatic carboxylic acids is 1. The third-order valence-corrected chi connectivity index (χ3v) is 0.771. The number of carbonyl (C=O) groups excluding carboxylic acids is 1. The van der Waals surface area contributed by atoms with Crippen LogP contribution in [0, 0.1) is 0 Å². The van der Waals surface area contributed by atoms with Gasteiger partial charge in [-0.3, -0.25) is 9.59 Å². The first-order valence-corrected chi connectivity index (χ1v) is 2.90. The highest BCUT2D eigenvalue weighted by Gasteiger charge is 2.02. The van der Waals surface area contributed by atoms with Crippen LogP contribution in [0.5, 0.6) is 0 Å². The summed E-state index contributed by atoms with van der Waals surface area (Å²) in [6.07, 6.45) is -0.210. The van der Waals surface area contributed by atoms with E-state index in [4.69, 9.17) is 10.2 Å². The Bertz CT molecular complexity index is 120. The number of ether oxygens (including phenoxy) is 1. The second-order valence-corrected chi connectivity index (χ2v) is 1.47. The van der Waals surface area contributed by atoms with Gasteiger partial charge in [0.15, 0.2) is 0 Å². The van der Waals surface area contributed by atoms with Crippen molar-refractivity contribution in [1.29, 1.82) is 0 Å². The first kappa shape index (κ1) is 12.6. The molecule has 0 aliphatic heterocycles. The van der Waals surface area contributed by atoms with Crippen LogP contribution in [-0.2, 0) is 14.3 Å². The molecule has 0 spiro atoms. The average molecular weight is 164 g/mol. The highest BCUT2D eigenvalue weighted by molar-refractivity contribution is 5.76. The molecule has 0 saturated carbocycles. The molecule has 5 nitrogen and oxygen atoms in total. The fourth-order valence-electron chi connectivity index (χ4n) is 0.311. The number of methoxy groups -OCH3 is 1. The van der Waals surface area contributed by atoms with Gasteiger partial charge in [0.1, 0.15) is 0 Å². The Labute approximate surface area is 64.6 Å². The van der Waals surface area contributed by atoms with Gasteiger partial charge in [0, 0.05) is 7.11 Å². The van der Waals surface area contributed by atoms with Gasteiger partial charge in [0.25, 0.3) is 0 Å². The van der Waals surface area contributed by atoms with E-state index in [1.54, 1.807) is 0 Å². The maximum Gasteiger partial charge on any atom is 0.306 e. The third kappa shape index (κ3) is 12.2. The van der Waals surface area contributed by atoms with Crippen molar-refractivity contribution in [3.63, 3.8) is 0 Å². The summed E-state index contributed by atoms with van der Waals surface area (Å²) in [6.45, 7) is 0. The molecule has 2 N–H and O–H groups in total. The normalized spacial score (nSPS) is 7.55. The quantitative estimate of drug-likeness (QED) is 0.556. The van der Waals surface area contributed by atoms with E-state index in [1.165, 1.54) is 7.11 Å². The number of esters is 1. The van der Waals surface area contributed by atoms with Gasteiger partial charge in [-0.2, -0.15) is 0 Å². The molecule has 0 aromatic heterocycles. The zero-order valence-electron chi connectivity index (χ0n) is 6.53. The Morgan fingerprint density at radius 3 is 2.00 bits per heavy atom. The molecule has 0 fully saturated rings. The smallest absolute Gasteiger partial charge is 0.306 e. The van der Waals surface area contributed by atoms with Crippen LogP contribution < -0.4 is 0 Å². The third-order valence-electron chi connectivity index (χ3n) is 0.771. The lowest BCUT2D eigenvalue weighted by molar-refractivity contribution is -0.145. The number of aliphatic hydroxyl groups is 1. The van der Waals surface area contributed by atoms with Gasteiger partial charge >= 0.3 is 11.9 Å². The molecule has 0 aliphatic carbocycles. The number of rotatable bonds is 3. The molecule has 5 heteroatoms. The van der Waals surface area contributed by atoms with Crippen LogP contribution in [0.2, 0.25) is 0 Å². The summed E-state index contributed by atoms with van der Waals surface area (Å²) in [4.78, 5) is 20.0. The second-order valence-electron chi connectivity index (χ2n) is 1.47. The van der Waals surface area contributed by atoms with Gasteiger partial charge in [-0.15, -0.1) is 0 Å². The zero-order valence-corrected chi connectivity index (χ0v) is 6.53.